The van der Waals surface area contributed by atoms with Crippen molar-refractivity contribution in [3.05, 3.63) is 0 Å². The molecule has 0 saturated carbocycles. The molecule has 0 aliphatic heterocycles. The fraction of sp³-hybridized carbons (Fsp3) is 1.00. The van der Waals surface area contributed by atoms with Crippen LogP contribution in [0.5, 0.6) is 0 Å². The van der Waals surface area contributed by atoms with E-state index in [2.05, 4.69) is 6.92 Å². The van der Waals surface area contributed by atoms with Gasteiger partial charge in [0.25, 0.3) is 0 Å². The van der Waals surface area contributed by atoms with Crippen molar-refractivity contribution < 1.29 is 47.6 Å². The topological polar surface area (TPSA) is 77.4 Å². The zero-order valence-corrected chi connectivity index (χ0v) is 15.4. The molecule has 2 unspecified atom stereocenters. The fourth-order valence-corrected chi connectivity index (χ4v) is 2.94. The van der Waals surface area contributed by atoms with Crippen molar-refractivity contribution in [2.24, 2.45) is 0 Å². The monoisotopic (exact) mass is 302 g/mol. The van der Waals surface area contributed by atoms with Gasteiger partial charge in [0.1, 0.15) is 0 Å². The van der Waals surface area contributed by atoms with Crippen LogP contribution in [0.3, 0.4) is 0 Å². The molecule has 0 aromatic heterocycles. The van der Waals surface area contributed by atoms with Gasteiger partial charge in [0.05, 0.1) is 16.2 Å². The van der Waals surface area contributed by atoms with E-state index in [9.17, 15) is 18.1 Å². The molecule has 0 heterocycles. The minimum atomic E-state index is -4.15. The second-order valence-corrected chi connectivity index (χ2v) is 6.61. The standard InChI is InChI=1S/C13H28O4S.Na/c1-3-5-6-9-12(14)10-7-8-11-13(4-2)18(15,16)17;/h12-14H,3-11H2,1-2H3,(H,15,16,17);/q;+1/p-1. The molecule has 0 aromatic carbocycles. The Balaban J connectivity index is 0. The molecular formula is C13H27NaO4S. The van der Waals surface area contributed by atoms with Crippen molar-refractivity contribution in [1.82, 2.24) is 0 Å². The van der Waals surface area contributed by atoms with Crippen LogP contribution < -0.4 is 29.6 Å². The molecule has 19 heavy (non-hydrogen) atoms. The van der Waals surface area contributed by atoms with E-state index < -0.39 is 15.4 Å². The first kappa shape index (κ1) is 22.2. The maximum absolute atomic E-state index is 10.9. The molecule has 0 spiro atoms. The van der Waals surface area contributed by atoms with Crippen LogP contribution in [0.25, 0.3) is 0 Å². The summed E-state index contributed by atoms with van der Waals surface area (Å²) in [7, 11) is -4.15. The van der Waals surface area contributed by atoms with Gasteiger partial charge in [-0.2, -0.15) is 0 Å². The molecular weight excluding hydrogens is 275 g/mol. The summed E-state index contributed by atoms with van der Waals surface area (Å²) in [5.74, 6) is 0. The van der Waals surface area contributed by atoms with E-state index in [4.69, 9.17) is 0 Å². The fourth-order valence-electron chi connectivity index (χ4n) is 2.08. The SMILES string of the molecule is CCCCCC(O)CCCCC(CC)S(=O)(=O)[O-].[Na+]. The summed E-state index contributed by atoms with van der Waals surface area (Å²) < 4.78 is 32.6. The Morgan fingerprint density at radius 2 is 1.47 bits per heavy atom. The van der Waals surface area contributed by atoms with Crippen molar-refractivity contribution in [2.75, 3.05) is 0 Å². The molecule has 0 amide bonds. The maximum Gasteiger partial charge on any atom is 1.00 e. The number of hydrogen-bond acceptors (Lipinski definition) is 4. The molecule has 0 radical (unpaired) electrons. The van der Waals surface area contributed by atoms with Crippen molar-refractivity contribution in [2.45, 2.75) is 83.0 Å². The van der Waals surface area contributed by atoms with Gasteiger partial charge in [-0.3, -0.25) is 0 Å². The molecule has 0 bridgehead atoms. The van der Waals surface area contributed by atoms with Gasteiger partial charge in [-0.25, -0.2) is 8.42 Å². The number of hydrogen-bond donors (Lipinski definition) is 1. The van der Waals surface area contributed by atoms with E-state index in [1.807, 2.05) is 0 Å². The van der Waals surface area contributed by atoms with Crippen LogP contribution in [0, 0.1) is 0 Å². The van der Waals surface area contributed by atoms with Crippen molar-refractivity contribution in [1.29, 1.82) is 0 Å². The van der Waals surface area contributed by atoms with Crippen LogP contribution in [-0.2, 0) is 10.1 Å². The van der Waals surface area contributed by atoms with E-state index in [0.29, 0.717) is 25.7 Å². The molecule has 4 nitrogen and oxygen atoms in total. The van der Waals surface area contributed by atoms with Crippen LogP contribution in [0.4, 0.5) is 0 Å². The largest absolute Gasteiger partial charge is 1.00 e. The molecule has 6 heteroatoms. The zero-order chi connectivity index (χ0) is 14.0. The number of rotatable bonds is 11. The number of aliphatic hydroxyl groups is 1. The first-order valence-corrected chi connectivity index (χ1v) is 8.51. The quantitative estimate of drug-likeness (QED) is 0.326. The molecule has 0 aliphatic carbocycles. The number of unbranched alkanes of at least 4 members (excludes halogenated alkanes) is 3. The van der Waals surface area contributed by atoms with Gasteiger partial charge < -0.3 is 9.66 Å². The average molecular weight is 302 g/mol. The minimum Gasteiger partial charge on any atom is -0.748 e. The molecule has 110 valence electrons. The second kappa shape index (κ2) is 12.6. The molecule has 0 fully saturated rings. The van der Waals surface area contributed by atoms with Gasteiger partial charge in [-0.1, -0.05) is 46.0 Å². The minimum absolute atomic E-state index is 0. The summed E-state index contributed by atoms with van der Waals surface area (Å²) in [6, 6.07) is 0. The normalized spacial score (nSPS) is 14.7. The van der Waals surface area contributed by atoms with E-state index in [-0.39, 0.29) is 35.7 Å². The molecule has 0 rings (SSSR count). The third-order valence-corrected chi connectivity index (χ3v) is 4.70. The first-order valence-electron chi connectivity index (χ1n) is 7.04. The Kier molecular flexibility index (Phi) is 14.7. The predicted molar refractivity (Wildman–Crippen MR) is 72.4 cm³/mol. The second-order valence-electron chi connectivity index (χ2n) is 4.96. The smallest absolute Gasteiger partial charge is 0.748 e. The van der Waals surface area contributed by atoms with E-state index in [0.717, 1.165) is 32.1 Å². The summed E-state index contributed by atoms with van der Waals surface area (Å²) in [6.45, 7) is 3.85. The van der Waals surface area contributed by atoms with Gasteiger partial charge in [-0.05, 0) is 25.7 Å². The zero-order valence-electron chi connectivity index (χ0n) is 12.6. The predicted octanol–water partition coefficient (Wildman–Crippen LogP) is -0.184. The Morgan fingerprint density at radius 3 is 1.89 bits per heavy atom. The Labute approximate surface area is 140 Å². The van der Waals surface area contributed by atoms with Crippen LogP contribution in [-0.4, -0.2) is 29.4 Å². The van der Waals surface area contributed by atoms with Crippen molar-refractivity contribution in [3.8, 4) is 0 Å². The molecule has 0 aromatic rings. The first-order chi connectivity index (χ1) is 8.41. The summed E-state index contributed by atoms with van der Waals surface area (Å²) >= 11 is 0. The van der Waals surface area contributed by atoms with Gasteiger partial charge in [0, 0.05) is 5.25 Å². The third-order valence-electron chi connectivity index (χ3n) is 3.32. The number of aliphatic hydroxyl groups excluding tert-OH is 1. The third kappa shape index (κ3) is 12.3. The molecule has 1 N–H and O–H groups in total. The van der Waals surface area contributed by atoms with Crippen LogP contribution in [0.1, 0.15) is 71.6 Å². The van der Waals surface area contributed by atoms with Crippen LogP contribution in [0.15, 0.2) is 0 Å². The van der Waals surface area contributed by atoms with Gasteiger partial charge in [0.2, 0.25) is 0 Å². The average Bonchev–Trinajstić information content (AvgIpc) is 2.27. The summed E-state index contributed by atoms with van der Waals surface area (Å²) in [4.78, 5) is 0. The summed E-state index contributed by atoms with van der Waals surface area (Å²) in [5.41, 5.74) is 0. The Morgan fingerprint density at radius 1 is 1.00 bits per heavy atom. The van der Waals surface area contributed by atoms with Crippen LogP contribution in [0.2, 0.25) is 0 Å². The van der Waals surface area contributed by atoms with Gasteiger partial charge >= 0.3 is 29.6 Å². The summed E-state index contributed by atoms with van der Waals surface area (Å²) in [5, 5.41) is 8.92. The van der Waals surface area contributed by atoms with Crippen LogP contribution >= 0.6 is 0 Å². The van der Waals surface area contributed by atoms with Crippen molar-refractivity contribution >= 4 is 10.1 Å². The Hall–Kier alpha value is 0.870. The summed E-state index contributed by atoms with van der Waals surface area (Å²) in [6.07, 6.45) is 6.88. The molecule has 0 saturated heterocycles. The maximum atomic E-state index is 10.9. The molecule has 0 aliphatic rings. The van der Waals surface area contributed by atoms with E-state index in [1.54, 1.807) is 6.92 Å². The Bertz CT molecular complexity index is 293. The molecule has 2 atom stereocenters. The van der Waals surface area contributed by atoms with Crippen molar-refractivity contribution in [3.63, 3.8) is 0 Å². The van der Waals surface area contributed by atoms with Gasteiger partial charge in [-0.15, -0.1) is 0 Å². The van der Waals surface area contributed by atoms with E-state index in [1.165, 1.54) is 0 Å². The van der Waals surface area contributed by atoms with Gasteiger partial charge in [0.15, 0.2) is 0 Å². The van der Waals surface area contributed by atoms with E-state index >= 15 is 0 Å².